The Bertz CT molecular complexity index is 910. The number of hydrogen-bond acceptors (Lipinski definition) is 4. The molecule has 0 fully saturated rings. The highest BCUT2D eigenvalue weighted by Crippen LogP contribution is 2.36. The van der Waals surface area contributed by atoms with E-state index >= 15 is 0 Å². The number of aromatic nitrogens is 1. The van der Waals surface area contributed by atoms with Gasteiger partial charge in [-0.05, 0) is 30.3 Å². The van der Waals surface area contributed by atoms with Crippen LogP contribution in [0.5, 0.6) is 11.5 Å². The van der Waals surface area contributed by atoms with E-state index in [0.29, 0.717) is 33.8 Å². The Morgan fingerprint density at radius 2 is 1.68 bits per heavy atom. The largest absolute Gasteiger partial charge is 0.493 e. The fourth-order valence-corrected chi connectivity index (χ4v) is 2.51. The fraction of sp³-hybridized carbons (Fsp3) is 0.167. The van der Waals surface area contributed by atoms with Gasteiger partial charge in [0.1, 0.15) is 0 Å². The smallest absolute Gasteiger partial charge is 0.416 e. The Balaban J connectivity index is 2.05. The van der Waals surface area contributed by atoms with Crippen LogP contribution in [0.4, 0.5) is 24.5 Å². The quantitative estimate of drug-likeness (QED) is 0.719. The molecule has 0 atom stereocenters. The summed E-state index contributed by atoms with van der Waals surface area (Å²) in [6.45, 7) is 0. The number of fused-ring (bicyclic) bond motifs is 1. The van der Waals surface area contributed by atoms with Gasteiger partial charge in [0.15, 0.2) is 11.5 Å². The maximum atomic E-state index is 12.9. The topological polar surface area (TPSA) is 43.4 Å². The van der Waals surface area contributed by atoms with Crippen molar-refractivity contribution in [1.82, 2.24) is 4.98 Å². The minimum atomic E-state index is -4.39. The van der Waals surface area contributed by atoms with E-state index in [4.69, 9.17) is 9.47 Å². The molecule has 130 valence electrons. The van der Waals surface area contributed by atoms with E-state index in [9.17, 15) is 13.2 Å². The van der Waals surface area contributed by atoms with Gasteiger partial charge in [-0.1, -0.05) is 6.07 Å². The number of hydrogen-bond donors (Lipinski definition) is 1. The molecule has 0 bridgehead atoms. The first-order valence-corrected chi connectivity index (χ1v) is 7.37. The molecule has 1 heterocycles. The average molecular weight is 348 g/mol. The van der Waals surface area contributed by atoms with Crippen molar-refractivity contribution in [3.05, 3.63) is 54.2 Å². The molecule has 7 heteroatoms. The monoisotopic (exact) mass is 348 g/mol. The number of ether oxygens (including phenoxy) is 2. The molecule has 0 saturated heterocycles. The van der Waals surface area contributed by atoms with Gasteiger partial charge in [0.2, 0.25) is 0 Å². The first-order chi connectivity index (χ1) is 11.9. The molecular formula is C18H15F3N2O2. The average Bonchev–Trinajstić information content (AvgIpc) is 2.60. The minimum Gasteiger partial charge on any atom is -0.493 e. The third-order valence-corrected chi connectivity index (χ3v) is 3.72. The van der Waals surface area contributed by atoms with Gasteiger partial charge < -0.3 is 14.8 Å². The highest BCUT2D eigenvalue weighted by molar-refractivity contribution is 5.95. The Kier molecular flexibility index (Phi) is 4.39. The van der Waals surface area contributed by atoms with E-state index in [-0.39, 0.29) is 0 Å². The number of anilines is 2. The maximum absolute atomic E-state index is 12.9. The molecule has 1 aromatic heterocycles. The van der Waals surface area contributed by atoms with Crippen LogP contribution in [-0.4, -0.2) is 19.2 Å². The molecule has 0 radical (unpaired) electrons. The van der Waals surface area contributed by atoms with Gasteiger partial charge in [-0.3, -0.25) is 4.98 Å². The van der Waals surface area contributed by atoms with Gasteiger partial charge in [0.05, 0.1) is 25.3 Å². The van der Waals surface area contributed by atoms with Crippen molar-refractivity contribution in [2.75, 3.05) is 19.5 Å². The van der Waals surface area contributed by atoms with Crippen molar-refractivity contribution in [3.63, 3.8) is 0 Å². The molecule has 4 nitrogen and oxygen atoms in total. The van der Waals surface area contributed by atoms with Crippen molar-refractivity contribution in [2.24, 2.45) is 0 Å². The van der Waals surface area contributed by atoms with Crippen molar-refractivity contribution < 1.29 is 22.6 Å². The molecule has 0 spiro atoms. The molecule has 1 N–H and O–H groups in total. The van der Waals surface area contributed by atoms with Crippen LogP contribution in [0.3, 0.4) is 0 Å². The Morgan fingerprint density at radius 3 is 2.36 bits per heavy atom. The predicted molar refractivity (Wildman–Crippen MR) is 89.6 cm³/mol. The van der Waals surface area contributed by atoms with Gasteiger partial charge in [0.25, 0.3) is 0 Å². The zero-order chi connectivity index (χ0) is 18.0. The summed E-state index contributed by atoms with van der Waals surface area (Å²) in [6.07, 6.45) is -2.82. The van der Waals surface area contributed by atoms with Gasteiger partial charge in [0, 0.05) is 29.0 Å². The van der Waals surface area contributed by atoms with Gasteiger partial charge in [-0.25, -0.2) is 0 Å². The van der Waals surface area contributed by atoms with Gasteiger partial charge in [-0.15, -0.1) is 0 Å². The molecule has 0 aliphatic carbocycles. The van der Waals surface area contributed by atoms with Crippen molar-refractivity contribution in [1.29, 1.82) is 0 Å². The van der Waals surface area contributed by atoms with Gasteiger partial charge in [-0.2, -0.15) is 13.2 Å². The molecule has 3 rings (SSSR count). The molecule has 0 aliphatic rings. The first kappa shape index (κ1) is 16.9. The lowest BCUT2D eigenvalue weighted by molar-refractivity contribution is -0.137. The Hall–Kier alpha value is -2.96. The third kappa shape index (κ3) is 3.45. The second-order valence-electron chi connectivity index (χ2n) is 5.29. The summed E-state index contributed by atoms with van der Waals surface area (Å²) < 4.78 is 49.1. The number of nitrogens with zero attached hydrogens (tertiary/aromatic N) is 1. The first-order valence-electron chi connectivity index (χ1n) is 7.37. The standard InChI is InChI=1S/C18H15F3N2O2/c1-24-16-9-13-14(6-7-22-15(13)10-17(16)25-2)23-12-5-3-4-11(8-12)18(19,20)21/h3-10H,1-2H3,(H,22,23). The Morgan fingerprint density at radius 1 is 0.960 bits per heavy atom. The van der Waals surface area contributed by atoms with E-state index < -0.39 is 11.7 Å². The molecule has 0 saturated carbocycles. The lowest BCUT2D eigenvalue weighted by Gasteiger charge is -2.14. The summed E-state index contributed by atoms with van der Waals surface area (Å²) in [7, 11) is 3.04. The van der Waals surface area contributed by atoms with Crippen LogP contribution in [0.2, 0.25) is 0 Å². The normalized spacial score (nSPS) is 11.4. The molecule has 0 amide bonds. The number of benzene rings is 2. The summed E-state index contributed by atoms with van der Waals surface area (Å²) >= 11 is 0. The number of alkyl halides is 3. The van der Waals surface area contributed by atoms with Crippen molar-refractivity contribution in [3.8, 4) is 11.5 Å². The number of rotatable bonds is 4. The molecule has 25 heavy (non-hydrogen) atoms. The molecule has 3 aromatic rings. The van der Waals surface area contributed by atoms with Crippen LogP contribution in [-0.2, 0) is 6.18 Å². The van der Waals surface area contributed by atoms with E-state index in [1.807, 2.05) is 0 Å². The molecular weight excluding hydrogens is 333 g/mol. The van der Waals surface area contributed by atoms with Crippen LogP contribution in [0.25, 0.3) is 10.9 Å². The lowest BCUT2D eigenvalue weighted by Crippen LogP contribution is -2.05. The summed E-state index contributed by atoms with van der Waals surface area (Å²) in [5.41, 5.74) is 0.868. The molecule has 2 aromatic carbocycles. The summed E-state index contributed by atoms with van der Waals surface area (Å²) in [4.78, 5) is 4.27. The van der Waals surface area contributed by atoms with E-state index in [2.05, 4.69) is 10.3 Å². The summed E-state index contributed by atoms with van der Waals surface area (Å²) in [5, 5.41) is 3.72. The van der Waals surface area contributed by atoms with E-state index in [1.54, 1.807) is 30.5 Å². The molecule has 0 aliphatic heterocycles. The highest BCUT2D eigenvalue weighted by atomic mass is 19.4. The zero-order valence-corrected chi connectivity index (χ0v) is 13.5. The lowest BCUT2D eigenvalue weighted by atomic mass is 10.1. The minimum absolute atomic E-state index is 0.331. The van der Waals surface area contributed by atoms with Crippen LogP contribution in [0, 0.1) is 0 Å². The zero-order valence-electron chi connectivity index (χ0n) is 13.5. The van der Waals surface area contributed by atoms with Crippen molar-refractivity contribution in [2.45, 2.75) is 6.18 Å². The number of pyridine rings is 1. The molecule has 0 unspecified atom stereocenters. The van der Waals surface area contributed by atoms with Gasteiger partial charge >= 0.3 is 6.18 Å². The number of halogens is 3. The SMILES string of the molecule is COc1cc2nccc(Nc3cccc(C(F)(F)F)c3)c2cc1OC. The highest BCUT2D eigenvalue weighted by Gasteiger charge is 2.30. The third-order valence-electron chi connectivity index (χ3n) is 3.72. The predicted octanol–water partition coefficient (Wildman–Crippen LogP) is 5.01. The van der Waals surface area contributed by atoms with E-state index in [0.717, 1.165) is 12.1 Å². The van der Waals surface area contributed by atoms with Crippen molar-refractivity contribution >= 4 is 22.3 Å². The number of nitrogens with one attached hydrogen (secondary N) is 1. The van der Waals surface area contributed by atoms with E-state index in [1.165, 1.54) is 20.3 Å². The van der Waals surface area contributed by atoms with Crippen LogP contribution in [0.1, 0.15) is 5.56 Å². The fourth-order valence-electron chi connectivity index (χ4n) is 2.51. The second-order valence-corrected chi connectivity index (χ2v) is 5.29. The van der Waals surface area contributed by atoms with Crippen LogP contribution >= 0.6 is 0 Å². The Labute approximate surface area is 142 Å². The maximum Gasteiger partial charge on any atom is 0.416 e. The second kappa shape index (κ2) is 6.51. The van der Waals surface area contributed by atoms with Crippen LogP contribution in [0.15, 0.2) is 48.7 Å². The summed E-state index contributed by atoms with van der Waals surface area (Å²) in [5.74, 6) is 1.04. The summed E-state index contributed by atoms with van der Waals surface area (Å²) in [6, 6.07) is 10.2. The number of methoxy groups -OCH3 is 2. The van der Waals surface area contributed by atoms with Crippen LogP contribution < -0.4 is 14.8 Å².